The minimum atomic E-state index is 0.713. The molecule has 0 heterocycles. The molecule has 0 atom stereocenters. The Kier molecular flexibility index (Phi) is 27.9. The minimum Gasteiger partial charge on any atom is -0.0833 e. The van der Waals surface area contributed by atoms with Crippen LogP contribution < -0.4 is 0 Å². The molecule has 0 aliphatic heterocycles. The van der Waals surface area contributed by atoms with Gasteiger partial charge in [0.05, 0.1) is 0 Å². The Morgan fingerprint density at radius 3 is 0.607 bits per heavy atom. The second kappa shape index (κ2) is 22.5. The zero-order valence-electron chi connectivity index (χ0n) is 22.8. The molecule has 170 valence electrons. The lowest BCUT2D eigenvalue weighted by atomic mass is 10.0. The summed E-state index contributed by atoms with van der Waals surface area (Å²) in [4.78, 5) is 0. The van der Waals surface area contributed by atoms with Crippen LogP contribution in [-0.2, 0) is 0 Å². The van der Waals surface area contributed by atoms with Gasteiger partial charge in [-0.15, -0.1) is 0 Å². The first-order valence-electron chi connectivity index (χ1n) is 11.5. The van der Waals surface area contributed by atoms with Crippen molar-refractivity contribution >= 4 is 0 Å². The van der Waals surface area contributed by atoms with Gasteiger partial charge in [0, 0.05) is 0 Å². The number of rotatable bonds is 5. The van der Waals surface area contributed by atoms with Crippen molar-refractivity contribution in [1.82, 2.24) is 0 Å². The summed E-state index contributed by atoms with van der Waals surface area (Å²) in [5.41, 5.74) is 4.24. The fourth-order valence-corrected chi connectivity index (χ4v) is 2.94. The summed E-state index contributed by atoms with van der Waals surface area (Å²) in [5, 5.41) is 0. The van der Waals surface area contributed by atoms with E-state index in [0.717, 1.165) is 11.8 Å². The first kappa shape index (κ1) is 34.7. The van der Waals surface area contributed by atoms with Crippen molar-refractivity contribution in [2.75, 3.05) is 0 Å². The Balaban J connectivity index is -0.000000137. The Morgan fingerprint density at radius 2 is 0.607 bits per heavy atom. The van der Waals surface area contributed by atoms with E-state index in [0.29, 0.717) is 17.8 Å². The third kappa shape index (κ3) is 63.9. The standard InChI is InChI=1S/C7H16.3C7H14/c4*1-6(2)5-7(3)4/h6-7H,5H2,1-4H3;3*5-6H,1-4H3. The molecule has 0 heteroatoms. The van der Waals surface area contributed by atoms with E-state index in [1.807, 2.05) is 0 Å². The normalized spacial score (nSPS) is 9.75. The summed E-state index contributed by atoms with van der Waals surface area (Å²) in [6.07, 6.45) is 8.11. The molecule has 0 aromatic rings. The molecule has 0 fully saturated rings. The smallest absolute Gasteiger partial charge is 0.0288 e. The molecule has 0 aliphatic carbocycles. The maximum absolute atomic E-state index is 2.26. The third-order valence-electron chi connectivity index (χ3n) is 2.94. The molecule has 0 rings (SSSR count). The minimum absolute atomic E-state index is 0.713. The molecule has 0 amide bonds. The summed E-state index contributed by atoms with van der Waals surface area (Å²) in [5.74, 6) is 3.89. The molecule has 0 saturated carbocycles. The van der Waals surface area contributed by atoms with Crippen molar-refractivity contribution in [3.8, 4) is 0 Å². The fourth-order valence-electron chi connectivity index (χ4n) is 2.94. The molecule has 0 bridgehead atoms. The number of hydrogen-bond acceptors (Lipinski definition) is 0. The highest BCUT2D eigenvalue weighted by Crippen LogP contribution is 2.08. The Hall–Kier alpha value is -0.780. The quantitative estimate of drug-likeness (QED) is 0.407. The molecular formula is C28H58. The molecule has 0 unspecified atom stereocenters. The Labute approximate surface area is 182 Å². The van der Waals surface area contributed by atoms with Crippen LogP contribution in [0.25, 0.3) is 0 Å². The first-order valence-corrected chi connectivity index (χ1v) is 11.5. The van der Waals surface area contributed by atoms with Crippen LogP contribution in [0, 0.1) is 29.6 Å². The first-order chi connectivity index (χ1) is 12.5. The average molecular weight is 395 g/mol. The van der Waals surface area contributed by atoms with Crippen LogP contribution >= 0.6 is 0 Å². The van der Waals surface area contributed by atoms with Gasteiger partial charge in [-0.05, 0) is 77.6 Å². The molecule has 0 N–H and O–H groups in total. The fraction of sp³-hybridized carbons (Fsp3) is 0.786. The molecule has 28 heavy (non-hydrogen) atoms. The van der Waals surface area contributed by atoms with Gasteiger partial charge in [0.2, 0.25) is 0 Å². The lowest BCUT2D eigenvalue weighted by molar-refractivity contribution is 0.469. The Bertz CT molecular complexity index is 327. The lowest BCUT2D eigenvalue weighted by Gasteiger charge is -2.05. The van der Waals surface area contributed by atoms with Gasteiger partial charge in [-0.2, -0.15) is 0 Å². The van der Waals surface area contributed by atoms with Crippen LogP contribution in [-0.4, -0.2) is 0 Å². The summed E-state index contributed by atoms with van der Waals surface area (Å²) in [6.45, 7) is 34.9. The third-order valence-corrected chi connectivity index (χ3v) is 2.94. The molecule has 0 aliphatic rings. The van der Waals surface area contributed by atoms with Gasteiger partial charge in [0.15, 0.2) is 0 Å². The zero-order valence-corrected chi connectivity index (χ0v) is 22.8. The van der Waals surface area contributed by atoms with E-state index >= 15 is 0 Å². The van der Waals surface area contributed by atoms with Crippen molar-refractivity contribution in [2.24, 2.45) is 29.6 Å². The molecule has 0 radical (unpaired) electrons. The van der Waals surface area contributed by atoms with Gasteiger partial charge in [-0.3, -0.25) is 0 Å². The van der Waals surface area contributed by atoms with Gasteiger partial charge in [-0.25, -0.2) is 0 Å². The van der Waals surface area contributed by atoms with E-state index in [2.05, 4.69) is 129 Å². The van der Waals surface area contributed by atoms with Crippen molar-refractivity contribution in [1.29, 1.82) is 0 Å². The summed E-state index contributed by atoms with van der Waals surface area (Å²) < 4.78 is 0. The second-order valence-electron chi connectivity index (χ2n) is 10.5. The van der Waals surface area contributed by atoms with E-state index < -0.39 is 0 Å². The zero-order chi connectivity index (χ0) is 23.4. The van der Waals surface area contributed by atoms with Crippen LogP contribution in [0.3, 0.4) is 0 Å². The van der Waals surface area contributed by atoms with E-state index in [9.17, 15) is 0 Å². The lowest BCUT2D eigenvalue weighted by Crippen LogP contribution is -1.93. The Morgan fingerprint density at radius 1 is 0.429 bits per heavy atom. The molecule has 0 aromatic heterocycles. The maximum Gasteiger partial charge on any atom is -0.0288 e. The molecule has 0 spiro atoms. The molecule has 0 saturated heterocycles. The van der Waals surface area contributed by atoms with Crippen molar-refractivity contribution in [3.05, 3.63) is 34.9 Å². The van der Waals surface area contributed by atoms with Crippen molar-refractivity contribution in [3.63, 3.8) is 0 Å². The van der Waals surface area contributed by atoms with Gasteiger partial charge < -0.3 is 0 Å². The largest absolute Gasteiger partial charge is 0.0833 e. The topological polar surface area (TPSA) is 0 Å². The van der Waals surface area contributed by atoms with E-state index in [-0.39, 0.29) is 0 Å². The van der Waals surface area contributed by atoms with Crippen LogP contribution in [0.2, 0.25) is 0 Å². The molecule has 0 nitrogen and oxygen atoms in total. The highest BCUT2D eigenvalue weighted by atomic mass is 14.0. The predicted octanol–water partition coefficient (Wildman–Crippen LogP) is 10.5. The summed E-state index contributed by atoms with van der Waals surface area (Å²) in [6, 6.07) is 0. The highest BCUT2D eigenvalue weighted by Gasteiger charge is 1.95. The second-order valence-corrected chi connectivity index (χ2v) is 10.5. The van der Waals surface area contributed by atoms with E-state index in [1.165, 1.54) is 23.1 Å². The van der Waals surface area contributed by atoms with Crippen LogP contribution in [0.4, 0.5) is 0 Å². The van der Waals surface area contributed by atoms with E-state index in [1.54, 1.807) is 0 Å². The van der Waals surface area contributed by atoms with Crippen LogP contribution in [0.5, 0.6) is 0 Å². The number of hydrogen-bond donors (Lipinski definition) is 0. The summed E-state index contributed by atoms with van der Waals surface area (Å²) in [7, 11) is 0. The number of allylic oxidation sites excluding steroid dienone is 6. The monoisotopic (exact) mass is 394 g/mol. The SMILES string of the molecule is CC(C)=CC(C)C.CC(C)=CC(C)C.CC(C)=CC(C)C.CC(C)CC(C)C. The van der Waals surface area contributed by atoms with Crippen molar-refractivity contribution < 1.29 is 0 Å². The van der Waals surface area contributed by atoms with Crippen molar-refractivity contribution in [2.45, 2.75) is 117 Å². The van der Waals surface area contributed by atoms with Gasteiger partial charge >= 0.3 is 0 Å². The average Bonchev–Trinajstić information content (AvgIpc) is 2.32. The van der Waals surface area contributed by atoms with Gasteiger partial charge in [0.1, 0.15) is 0 Å². The maximum atomic E-state index is 2.26. The van der Waals surface area contributed by atoms with Crippen LogP contribution in [0.1, 0.15) is 117 Å². The highest BCUT2D eigenvalue weighted by molar-refractivity contribution is 4.95. The van der Waals surface area contributed by atoms with E-state index in [4.69, 9.17) is 0 Å². The predicted molar refractivity (Wildman–Crippen MR) is 137 cm³/mol. The van der Waals surface area contributed by atoms with Crippen LogP contribution in [0.15, 0.2) is 34.9 Å². The molecule has 0 aromatic carbocycles. The summed E-state index contributed by atoms with van der Waals surface area (Å²) >= 11 is 0. The van der Waals surface area contributed by atoms with Gasteiger partial charge in [-0.1, -0.05) is 104 Å². The van der Waals surface area contributed by atoms with Gasteiger partial charge in [0.25, 0.3) is 0 Å². The molecular weight excluding hydrogens is 336 g/mol.